The van der Waals surface area contributed by atoms with Crippen molar-refractivity contribution in [3.05, 3.63) is 0 Å². The van der Waals surface area contributed by atoms with Crippen molar-refractivity contribution < 1.29 is 9.53 Å². The highest BCUT2D eigenvalue weighted by atomic mass is 16.5. The van der Waals surface area contributed by atoms with Crippen LogP contribution in [0.3, 0.4) is 0 Å². The van der Waals surface area contributed by atoms with Gasteiger partial charge in [-0.15, -0.1) is 0 Å². The van der Waals surface area contributed by atoms with E-state index in [1.54, 1.807) is 0 Å². The average Bonchev–Trinajstić information content (AvgIpc) is 2.36. The first-order valence-electron chi connectivity index (χ1n) is 8.05. The van der Waals surface area contributed by atoms with Gasteiger partial charge in [0.1, 0.15) is 5.54 Å². The molecule has 1 saturated heterocycles. The van der Waals surface area contributed by atoms with Gasteiger partial charge in [0.2, 0.25) is 0 Å². The Morgan fingerprint density at radius 3 is 2.40 bits per heavy atom. The van der Waals surface area contributed by atoms with Gasteiger partial charge in [0.05, 0.1) is 6.61 Å². The summed E-state index contributed by atoms with van der Waals surface area (Å²) in [6.45, 7) is 15.0. The van der Waals surface area contributed by atoms with Gasteiger partial charge in [0.25, 0.3) is 0 Å². The molecule has 118 valence electrons. The van der Waals surface area contributed by atoms with Gasteiger partial charge in [-0.25, -0.2) is 0 Å². The van der Waals surface area contributed by atoms with Gasteiger partial charge in [-0.1, -0.05) is 20.8 Å². The maximum atomic E-state index is 12.2. The molecule has 0 aliphatic carbocycles. The van der Waals surface area contributed by atoms with Crippen LogP contribution in [0.4, 0.5) is 0 Å². The fraction of sp³-hybridized carbons (Fsp3) is 0.938. The molecule has 0 aromatic heterocycles. The highest BCUT2D eigenvalue weighted by Crippen LogP contribution is 2.22. The fourth-order valence-electron chi connectivity index (χ4n) is 3.30. The van der Waals surface area contributed by atoms with Crippen molar-refractivity contribution in [3.8, 4) is 0 Å². The van der Waals surface area contributed by atoms with Crippen molar-refractivity contribution in [2.24, 2.45) is 11.8 Å². The smallest absolute Gasteiger partial charge is 0.326 e. The molecule has 0 spiro atoms. The van der Waals surface area contributed by atoms with Crippen molar-refractivity contribution in [2.75, 3.05) is 32.8 Å². The zero-order valence-corrected chi connectivity index (χ0v) is 13.9. The van der Waals surface area contributed by atoms with Crippen LogP contribution in [-0.4, -0.2) is 49.2 Å². The lowest BCUT2D eigenvalue weighted by Crippen LogP contribution is -2.53. The van der Waals surface area contributed by atoms with Crippen LogP contribution in [0.25, 0.3) is 0 Å². The third kappa shape index (κ3) is 5.06. The van der Waals surface area contributed by atoms with Crippen LogP contribution in [0.5, 0.6) is 0 Å². The predicted octanol–water partition coefficient (Wildman–Crippen LogP) is 2.29. The molecule has 1 fully saturated rings. The number of nitrogens with zero attached hydrogens (tertiary/aromatic N) is 1. The third-order valence-corrected chi connectivity index (χ3v) is 4.17. The Morgan fingerprint density at radius 2 is 1.90 bits per heavy atom. The first-order valence-corrected chi connectivity index (χ1v) is 8.05. The second-order valence-electron chi connectivity index (χ2n) is 6.54. The highest BCUT2D eigenvalue weighted by molar-refractivity contribution is 5.80. The van der Waals surface area contributed by atoms with Crippen LogP contribution in [0.15, 0.2) is 0 Å². The largest absolute Gasteiger partial charge is 0.465 e. The second kappa shape index (κ2) is 7.99. The number of carbonyl (C=O) groups is 1. The van der Waals surface area contributed by atoms with Gasteiger partial charge in [0.15, 0.2) is 0 Å². The standard InChI is InChI=1S/C16H32N2O2/c1-6-17-16(5,15(19)20-7-2)8-9-18-11-13(3)10-14(4)12-18/h13-14,17H,6-12H2,1-5H3. The predicted molar refractivity (Wildman–Crippen MR) is 82.7 cm³/mol. The first kappa shape index (κ1) is 17.4. The molecule has 3 atom stereocenters. The Hall–Kier alpha value is -0.610. The summed E-state index contributed by atoms with van der Waals surface area (Å²) in [6.07, 6.45) is 2.12. The number of hydrogen-bond donors (Lipinski definition) is 1. The Kier molecular flexibility index (Phi) is 6.96. The summed E-state index contributed by atoms with van der Waals surface area (Å²) in [4.78, 5) is 14.6. The number of rotatable bonds is 7. The number of nitrogens with one attached hydrogen (secondary N) is 1. The molecule has 1 aliphatic rings. The Labute approximate surface area is 124 Å². The fourth-order valence-corrected chi connectivity index (χ4v) is 3.30. The Balaban J connectivity index is 2.55. The Morgan fingerprint density at radius 1 is 1.30 bits per heavy atom. The monoisotopic (exact) mass is 284 g/mol. The molecule has 1 N–H and O–H groups in total. The minimum Gasteiger partial charge on any atom is -0.465 e. The van der Waals surface area contributed by atoms with Gasteiger partial charge in [-0.2, -0.15) is 0 Å². The zero-order chi connectivity index (χ0) is 15.2. The second-order valence-corrected chi connectivity index (χ2v) is 6.54. The van der Waals surface area contributed by atoms with E-state index in [2.05, 4.69) is 24.1 Å². The number of ether oxygens (including phenoxy) is 1. The van der Waals surface area contributed by atoms with Gasteiger partial charge < -0.3 is 15.0 Å². The van der Waals surface area contributed by atoms with E-state index in [1.165, 1.54) is 6.42 Å². The normalized spacial score (nSPS) is 27.1. The summed E-state index contributed by atoms with van der Waals surface area (Å²) >= 11 is 0. The molecule has 20 heavy (non-hydrogen) atoms. The van der Waals surface area contributed by atoms with Crippen molar-refractivity contribution in [3.63, 3.8) is 0 Å². The summed E-state index contributed by atoms with van der Waals surface area (Å²) in [5.74, 6) is 1.39. The topological polar surface area (TPSA) is 41.6 Å². The molecule has 0 aromatic carbocycles. The quantitative estimate of drug-likeness (QED) is 0.728. The van der Waals surface area contributed by atoms with Crippen LogP contribution >= 0.6 is 0 Å². The summed E-state index contributed by atoms with van der Waals surface area (Å²) < 4.78 is 5.22. The van der Waals surface area contributed by atoms with Crippen molar-refractivity contribution in [2.45, 2.75) is 53.0 Å². The van der Waals surface area contributed by atoms with Gasteiger partial charge in [-0.3, -0.25) is 4.79 Å². The van der Waals surface area contributed by atoms with Crippen LogP contribution < -0.4 is 5.32 Å². The van der Waals surface area contributed by atoms with Crippen LogP contribution in [0, 0.1) is 11.8 Å². The van der Waals surface area contributed by atoms with E-state index in [0.29, 0.717) is 6.61 Å². The summed E-state index contributed by atoms with van der Waals surface area (Å²) in [6, 6.07) is 0. The van der Waals surface area contributed by atoms with Crippen LogP contribution in [-0.2, 0) is 9.53 Å². The van der Waals surface area contributed by atoms with Gasteiger partial charge >= 0.3 is 5.97 Å². The molecular weight excluding hydrogens is 252 g/mol. The first-order chi connectivity index (χ1) is 9.41. The summed E-state index contributed by atoms with van der Waals surface area (Å²) in [5.41, 5.74) is -0.561. The maximum Gasteiger partial charge on any atom is 0.326 e. The zero-order valence-electron chi connectivity index (χ0n) is 13.9. The molecule has 1 heterocycles. The van der Waals surface area contributed by atoms with Crippen LogP contribution in [0.1, 0.15) is 47.5 Å². The molecule has 0 amide bonds. The lowest BCUT2D eigenvalue weighted by atomic mass is 9.90. The molecule has 1 aliphatic heterocycles. The van der Waals surface area contributed by atoms with Crippen LogP contribution in [0.2, 0.25) is 0 Å². The lowest BCUT2D eigenvalue weighted by molar-refractivity contribution is -0.151. The Bertz CT molecular complexity index is 299. The number of piperidine rings is 1. The maximum absolute atomic E-state index is 12.2. The lowest BCUT2D eigenvalue weighted by Gasteiger charge is -2.37. The number of carbonyl (C=O) groups excluding carboxylic acids is 1. The van der Waals surface area contributed by atoms with Gasteiger partial charge in [-0.05, 0) is 45.1 Å². The van der Waals surface area contributed by atoms with E-state index in [1.807, 2.05) is 20.8 Å². The molecule has 3 unspecified atom stereocenters. The van der Waals surface area contributed by atoms with Crippen molar-refractivity contribution >= 4 is 5.97 Å². The van der Waals surface area contributed by atoms with E-state index in [9.17, 15) is 4.79 Å². The molecule has 4 nitrogen and oxygen atoms in total. The number of hydrogen-bond acceptors (Lipinski definition) is 4. The SMILES string of the molecule is CCNC(C)(CCN1CC(C)CC(C)C1)C(=O)OCC. The molecule has 1 rings (SSSR count). The summed E-state index contributed by atoms with van der Waals surface area (Å²) in [5, 5.41) is 3.30. The minimum atomic E-state index is -0.561. The van der Waals surface area contributed by atoms with E-state index >= 15 is 0 Å². The molecule has 0 radical (unpaired) electrons. The highest BCUT2D eigenvalue weighted by Gasteiger charge is 2.34. The molecule has 0 saturated carbocycles. The number of likely N-dealkylation sites (tertiary alicyclic amines) is 1. The molecule has 0 aromatic rings. The van der Waals surface area contributed by atoms with E-state index in [0.717, 1.165) is 44.4 Å². The molecule has 0 bridgehead atoms. The van der Waals surface area contributed by atoms with Crippen molar-refractivity contribution in [1.82, 2.24) is 10.2 Å². The minimum absolute atomic E-state index is 0.125. The van der Waals surface area contributed by atoms with Gasteiger partial charge in [0, 0.05) is 19.6 Å². The molecular formula is C16H32N2O2. The number of esters is 1. The molecule has 4 heteroatoms. The van der Waals surface area contributed by atoms with E-state index < -0.39 is 5.54 Å². The number of likely N-dealkylation sites (N-methyl/N-ethyl adjacent to an activating group) is 1. The third-order valence-electron chi connectivity index (χ3n) is 4.17. The van der Waals surface area contributed by atoms with E-state index in [-0.39, 0.29) is 5.97 Å². The van der Waals surface area contributed by atoms with E-state index in [4.69, 9.17) is 4.74 Å². The van der Waals surface area contributed by atoms with Crippen molar-refractivity contribution in [1.29, 1.82) is 0 Å². The average molecular weight is 284 g/mol. The summed E-state index contributed by atoms with van der Waals surface area (Å²) in [7, 11) is 0.